The van der Waals surface area contributed by atoms with Crippen molar-refractivity contribution in [3.05, 3.63) is 88.7 Å². The Kier molecular flexibility index (Phi) is 7.93. The minimum atomic E-state index is -0.269. The fraction of sp³-hybridized carbons (Fsp3) is 0.286. The highest BCUT2D eigenvalue weighted by Crippen LogP contribution is 2.23. The molecule has 4 rings (SSSR count). The van der Waals surface area contributed by atoms with Crippen LogP contribution in [0.2, 0.25) is 5.02 Å². The number of methoxy groups -OCH3 is 1. The highest BCUT2D eigenvalue weighted by molar-refractivity contribution is 6.31. The minimum absolute atomic E-state index is 0.165. The highest BCUT2D eigenvalue weighted by Gasteiger charge is 2.19. The van der Waals surface area contributed by atoms with Crippen LogP contribution in [0.5, 0.6) is 11.5 Å². The molecule has 0 saturated heterocycles. The van der Waals surface area contributed by atoms with Crippen molar-refractivity contribution in [2.24, 2.45) is 0 Å². The molecule has 0 saturated carbocycles. The molecular weight excluding hydrogens is 462 g/mol. The number of carbonyl (C=O) groups is 1. The lowest BCUT2D eigenvalue weighted by Gasteiger charge is -2.17. The molecule has 0 aliphatic rings. The van der Waals surface area contributed by atoms with E-state index in [4.69, 9.17) is 26.1 Å². The van der Waals surface area contributed by atoms with Gasteiger partial charge >= 0.3 is 0 Å². The van der Waals surface area contributed by atoms with Crippen molar-refractivity contribution >= 4 is 28.5 Å². The number of rotatable bonds is 10. The smallest absolute Gasteiger partial charge is 0.251 e. The van der Waals surface area contributed by atoms with Crippen molar-refractivity contribution in [2.45, 2.75) is 39.3 Å². The van der Waals surface area contributed by atoms with Crippen molar-refractivity contribution in [3.63, 3.8) is 0 Å². The van der Waals surface area contributed by atoms with Gasteiger partial charge in [0.25, 0.3) is 5.91 Å². The molecule has 3 aromatic carbocycles. The topological polar surface area (TPSA) is 65.4 Å². The first-order valence-corrected chi connectivity index (χ1v) is 12.1. The lowest BCUT2D eigenvalue weighted by atomic mass is 10.2. The van der Waals surface area contributed by atoms with Crippen LogP contribution in [0.25, 0.3) is 11.0 Å². The quantitative estimate of drug-likeness (QED) is 0.262. The summed E-state index contributed by atoms with van der Waals surface area (Å²) < 4.78 is 13.3. The molecule has 1 atom stereocenters. The number of benzene rings is 3. The van der Waals surface area contributed by atoms with Gasteiger partial charge in [-0.2, -0.15) is 0 Å². The van der Waals surface area contributed by atoms with Crippen LogP contribution in [0.15, 0.2) is 66.7 Å². The number of ether oxygens (including phenoxy) is 2. The van der Waals surface area contributed by atoms with Gasteiger partial charge in [-0.3, -0.25) is 4.79 Å². The Morgan fingerprint density at radius 3 is 2.69 bits per heavy atom. The van der Waals surface area contributed by atoms with E-state index in [1.54, 1.807) is 25.3 Å². The van der Waals surface area contributed by atoms with Crippen molar-refractivity contribution in [3.8, 4) is 11.5 Å². The van der Waals surface area contributed by atoms with Gasteiger partial charge in [0.15, 0.2) is 0 Å². The first-order chi connectivity index (χ1) is 17.0. The molecule has 1 aromatic heterocycles. The summed E-state index contributed by atoms with van der Waals surface area (Å²) in [5.41, 5.74) is 3.52. The van der Waals surface area contributed by atoms with E-state index in [1.807, 2.05) is 56.3 Å². The van der Waals surface area contributed by atoms with Crippen LogP contribution in [0.1, 0.15) is 47.6 Å². The number of fused-ring (bicyclic) bond motifs is 1. The second-order valence-corrected chi connectivity index (χ2v) is 8.91. The Hall–Kier alpha value is -3.51. The second kappa shape index (κ2) is 11.3. The van der Waals surface area contributed by atoms with Gasteiger partial charge in [-0.1, -0.05) is 29.8 Å². The van der Waals surface area contributed by atoms with Gasteiger partial charge in [-0.15, -0.1) is 0 Å². The summed E-state index contributed by atoms with van der Waals surface area (Å²) in [7, 11) is 1.59. The number of para-hydroxylation sites is 2. The van der Waals surface area contributed by atoms with Crippen molar-refractivity contribution < 1.29 is 14.3 Å². The summed E-state index contributed by atoms with van der Waals surface area (Å²) in [6.07, 6.45) is 1.80. The maximum absolute atomic E-state index is 12.9. The maximum atomic E-state index is 12.9. The van der Waals surface area contributed by atoms with Crippen LogP contribution in [0, 0.1) is 6.92 Å². The number of nitrogens with zero attached hydrogens (tertiary/aromatic N) is 2. The number of nitrogens with one attached hydrogen (secondary N) is 1. The van der Waals surface area contributed by atoms with Crippen molar-refractivity contribution in [2.75, 3.05) is 13.7 Å². The Morgan fingerprint density at radius 1 is 1.06 bits per heavy atom. The van der Waals surface area contributed by atoms with Gasteiger partial charge in [0, 0.05) is 17.1 Å². The highest BCUT2D eigenvalue weighted by atomic mass is 35.5. The molecule has 0 bridgehead atoms. The molecule has 6 nitrogen and oxygen atoms in total. The number of carbonyl (C=O) groups excluding carboxylic acids is 1. The van der Waals surface area contributed by atoms with Gasteiger partial charge in [0.2, 0.25) is 0 Å². The third-order valence-electron chi connectivity index (χ3n) is 5.93. The van der Waals surface area contributed by atoms with Gasteiger partial charge in [-0.05, 0) is 80.8 Å². The standard InChI is InChI=1S/C28H30ClN3O3/c1-19-17-23(13-14-24(19)29)35-16-7-6-15-32-26-12-5-4-11-25(26)31-27(32)20(2)30-28(33)21-9-8-10-22(18-21)34-3/h4-5,8-14,17-18,20H,6-7,15-16H2,1-3H3,(H,30,33). The summed E-state index contributed by atoms with van der Waals surface area (Å²) in [6.45, 7) is 5.32. The van der Waals surface area contributed by atoms with Crippen LogP contribution < -0.4 is 14.8 Å². The molecule has 182 valence electrons. The second-order valence-electron chi connectivity index (χ2n) is 8.50. The third kappa shape index (κ3) is 5.95. The van der Waals surface area contributed by atoms with E-state index < -0.39 is 0 Å². The van der Waals surface area contributed by atoms with Gasteiger partial charge in [-0.25, -0.2) is 4.98 Å². The molecule has 0 radical (unpaired) electrons. The molecule has 1 N–H and O–H groups in total. The summed E-state index contributed by atoms with van der Waals surface area (Å²) in [6, 6.07) is 20.6. The summed E-state index contributed by atoms with van der Waals surface area (Å²) >= 11 is 6.09. The lowest BCUT2D eigenvalue weighted by Crippen LogP contribution is -2.28. The first kappa shape index (κ1) is 24.6. The van der Waals surface area contributed by atoms with Gasteiger partial charge in [0.1, 0.15) is 17.3 Å². The predicted molar refractivity (Wildman–Crippen MR) is 140 cm³/mol. The molecule has 1 unspecified atom stereocenters. The first-order valence-electron chi connectivity index (χ1n) is 11.8. The fourth-order valence-corrected chi connectivity index (χ4v) is 4.16. The predicted octanol–water partition coefficient (Wildman–Crippen LogP) is 6.36. The molecule has 0 fully saturated rings. The number of imidazole rings is 1. The molecule has 1 amide bonds. The Balaban J connectivity index is 1.42. The Bertz CT molecular complexity index is 1320. The zero-order valence-corrected chi connectivity index (χ0v) is 21.0. The molecule has 0 aliphatic carbocycles. The minimum Gasteiger partial charge on any atom is -0.497 e. The van der Waals surface area contributed by atoms with Crippen molar-refractivity contribution in [1.82, 2.24) is 14.9 Å². The van der Waals surface area contributed by atoms with E-state index in [1.165, 1.54) is 0 Å². The zero-order valence-electron chi connectivity index (χ0n) is 20.3. The fourth-order valence-electron chi connectivity index (χ4n) is 4.04. The summed E-state index contributed by atoms with van der Waals surface area (Å²) in [5.74, 6) is 2.14. The van der Waals surface area contributed by atoms with E-state index in [0.29, 0.717) is 17.9 Å². The molecule has 35 heavy (non-hydrogen) atoms. The normalized spacial score (nSPS) is 11.9. The molecule has 4 aromatic rings. The molecule has 1 heterocycles. The van der Waals surface area contributed by atoms with Crippen LogP contribution in [-0.4, -0.2) is 29.2 Å². The van der Waals surface area contributed by atoms with E-state index in [-0.39, 0.29) is 11.9 Å². The number of aromatic nitrogens is 2. The summed E-state index contributed by atoms with van der Waals surface area (Å²) in [4.78, 5) is 17.7. The zero-order chi connectivity index (χ0) is 24.8. The van der Waals surface area contributed by atoms with Crippen molar-refractivity contribution in [1.29, 1.82) is 0 Å². The monoisotopic (exact) mass is 491 g/mol. The average molecular weight is 492 g/mol. The number of hydrogen-bond acceptors (Lipinski definition) is 4. The van der Waals surface area contributed by atoms with E-state index >= 15 is 0 Å². The van der Waals surface area contributed by atoms with E-state index in [0.717, 1.165) is 52.6 Å². The number of halogens is 1. The lowest BCUT2D eigenvalue weighted by molar-refractivity contribution is 0.0937. The SMILES string of the molecule is COc1cccc(C(=O)NC(C)c2nc3ccccc3n2CCCCOc2ccc(Cl)c(C)c2)c1. The van der Waals surface area contributed by atoms with Crippen LogP contribution >= 0.6 is 11.6 Å². The average Bonchev–Trinajstić information content (AvgIpc) is 3.24. The Labute approximate surface area is 210 Å². The number of aryl methyl sites for hydroxylation is 2. The third-order valence-corrected chi connectivity index (χ3v) is 6.35. The van der Waals surface area contributed by atoms with Gasteiger partial charge < -0.3 is 19.4 Å². The molecule has 0 aliphatic heterocycles. The van der Waals surface area contributed by atoms with Gasteiger partial charge in [0.05, 0.1) is 30.8 Å². The van der Waals surface area contributed by atoms with Crippen LogP contribution in [0.3, 0.4) is 0 Å². The Morgan fingerprint density at radius 2 is 1.89 bits per heavy atom. The molecule has 0 spiro atoms. The van der Waals surface area contributed by atoms with Crippen LogP contribution in [0.4, 0.5) is 0 Å². The number of hydrogen-bond donors (Lipinski definition) is 1. The largest absolute Gasteiger partial charge is 0.497 e. The molecule has 7 heteroatoms. The van der Waals surface area contributed by atoms with Crippen LogP contribution in [-0.2, 0) is 6.54 Å². The summed E-state index contributed by atoms with van der Waals surface area (Å²) in [5, 5.41) is 3.82. The number of unbranched alkanes of at least 4 members (excludes halogenated alkanes) is 1. The van der Waals surface area contributed by atoms with E-state index in [2.05, 4.69) is 16.0 Å². The molecular formula is C28H30ClN3O3. The number of amides is 1. The maximum Gasteiger partial charge on any atom is 0.251 e. The van der Waals surface area contributed by atoms with E-state index in [9.17, 15) is 4.79 Å².